The maximum atomic E-state index is 11.6. The number of methoxy groups -OCH3 is 1. The standard InChI is InChI=1S/C18H22N2O2/c1-22-16-11-17(18(19)21)20(12-16)9-8-13-6-7-14-4-2-3-5-15(14)10-13/h2-7,10,16-17H,8-9,11-12H2,1H3,(H2,19,21)/t16-,17-/m0/s1. The van der Waals surface area contributed by atoms with Crippen molar-refractivity contribution in [3.8, 4) is 0 Å². The Kier molecular flexibility index (Phi) is 4.41. The van der Waals surface area contributed by atoms with Crippen LogP contribution in [0, 0.1) is 0 Å². The second-order valence-corrected chi connectivity index (χ2v) is 5.94. The molecular formula is C18H22N2O2. The molecule has 4 heteroatoms. The summed E-state index contributed by atoms with van der Waals surface area (Å²) in [6.45, 7) is 1.60. The Morgan fingerprint density at radius 3 is 2.77 bits per heavy atom. The summed E-state index contributed by atoms with van der Waals surface area (Å²) in [5.41, 5.74) is 6.79. The van der Waals surface area contributed by atoms with E-state index in [0.717, 1.165) is 19.5 Å². The molecule has 0 bridgehead atoms. The molecule has 0 radical (unpaired) electrons. The van der Waals surface area contributed by atoms with Crippen LogP contribution in [0.3, 0.4) is 0 Å². The zero-order valence-corrected chi connectivity index (χ0v) is 12.9. The van der Waals surface area contributed by atoms with Crippen LogP contribution in [0.1, 0.15) is 12.0 Å². The van der Waals surface area contributed by atoms with E-state index in [-0.39, 0.29) is 18.1 Å². The first-order chi connectivity index (χ1) is 10.7. The van der Waals surface area contributed by atoms with Crippen LogP contribution in [0.4, 0.5) is 0 Å². The molecule has 1 heterocycles. The van der Waals surface area contributed by atoms with Crippen LogP contribution in [0.5, 0.6) is 0 Å². The first-order valence-electron chi connectivity index (χ1n) is 7.71. The summed E-state index contributed by atoms with van der Waals surface area (Å²) < 4.78 is 5.38. The minimum Gasteiger partial charge on any atom is -0.380 e. The molecule has 22 heavy (non-hydrogen) atoms. The maximum absolute atomic E-state index is 11.6. The summed E-state index contributed by atoms with van der Waals surface area (Å²) >= 11 is 0. The van der Waals surface area contributed by atoms with Gasteiger partial charge in [-0.3, -0.25) is 9.69 Å². The third kappa shape index (κ3) is 3.13. The van der Waals surface area contributed by atoms with E-state index in [1.807, 2.05) is 0 Å². The molecule has 0 spiro atoms. The lowest BCUT2D eigenvalue weighted by Gasteiger charge is -2.21. The largest absolute Gasteiger partial charge is 0.380 e. The summed E-state index contributed by atoms with van der Waals surface area (Å²) in [6, 6.07) is 14.7. The molecule has 2 N–H and O–H groups in total. The van der Waals surface area contributed by atoms with Crippen LogP contribution in [-0.2, 0) is 16.0 Å². The molecule has 2 atom stereocenters. The molecule has 116 valence electrons. The van der Waals surface area contributed by atoms with Gasteiger partial charge in [-0.05, 0) is 29.2 Å². The van der Waals surface area contributed by atoms with Crippen LogP contribution in [0.15, 0.2) is 42.5 Å². The minimum atomic E-state index is -0.252. The van der Waals surface area contributed by atoms with Crippen LogP contribution in [0.2, 0.25) is 0 Å². The molecule has 1 aliphatic heterocycles. The number of rotatable bonds is 5. The molecule has 0 aromatic heterocycles. The fourth-order valence-corrected chi connectivity index (χ4v) is 3.24. The normalized spacial score (nSPS) is 22.2. The molecule has 1 fully saturated rings. The lowest BCUT2D eigenvalue weighted by molar-refractivity contribution is -0.122. The Labute approximate surface area is 130 Å². The molecule has 2 aromatic carbocycles. The van der Waals surface area contributed by atoms with Gasteiger partial charge in [-0.25, -0.2) is 0 Å². The van der Waals surface area contributed by atoms with E-state index in [2.05, 4.69) is 47.4 Å². The second kappa shape index (κ2) is 6.46. The molecular weight excluding hydrogens is 276 g/mol. The van der Waals surface area contributed by atoms with Gasteiger partial charge in [0, 0.05) is 20.2 Å². The minimum absolute atomic E-state index is 0.106. The second-order valence-electron chi connectivity index (χ2n) is 5.94. The highest BCUT2D eigenvalue weighted by Crippen LogP contribution is 2.21. The van der Waals surface area contributed by atoms with E-state index in [1.54, 1.807) is 7.11 Å². The Bertz CT molecular complexity index is 671. The zero-order valence-electron chi connectivity index (χ0n) is 12.9. The first-order valence-corrected chi connectivity index (χ1v) is 7.71. The van der Waals surface area contributed by atoms with Crippen molar-refractivity contribution in [2.24, 2.45) is 5.73 Å². The van der Waals surface area contributed by atoms with Gasteiger partial charge in [-0.1, -0.05) is 42.5 Å². The lowest BCUT2D eigenvalue weighted by Crippen LogP contribution is -2.41. The number of hydrogen-bond donors (Lipinski definition) is 1. The lowest BCUT2D eigenvalue weighted by atomic mass is 10.0. The number of nitrogens with two attached hydrogens (primary N) is 1. The van der Waals surface area contributed by atoms with Gasteiger partial charge in [0.25, 0.3) is 0 Å². The summed E-state index contributed by atoms with van der Waals surface area (Å²) in [7, 11) is 1.69. The van der Waals surface area contributed by atoms with Crippen molar-refractivity contribution >= 4 is 16.7 Å². The van der Waals surface area contributed by atoms with Crippen molar-refractivity contribution in [3.05, 3.63) is 48.0 Å². The smallest absolute Gasteiger partial charge is 0.234 e. The van der Waals surface area contributed by atoms with Crippen LogP contribution in [-0.4, -0.2) is 43.2 Å². The number of likely N-dealkylation sites (tertiary alicyclic amines) is 1. The number of ether oxygens (including phenoxy) is 1. The van der Waals surface area contributed by atoms with Gasteiger partial charge in [0.15, 0.2) is 0 Å². The number of amides is 1. The van der Waals surface area contributed by atoms with E-state index >= 15 is 0 Å². The molecule has 3 rings (SSSR count). The van der Waals surface area contributed by atoms with Crippen molar-refractivity contribution in [2.75, 3.05) is 20.2 Å². The fraction of sp³-hybridized carbons (Fsp3) is 0.389. The van der Waals surface area contributed by atoms with E-state index in [1.165, 1.54) is 16.3 Å². The van der Waals surface area contributed by atoms with E-state index in [0.29, 0.717) is 6.42 Å². The van der Waals surface area contributed by atoms with Crippen LogP contribution < -0.4 is 5.73 Å². The van der Waals surface area contributed by atoms with Gasteiger partial charge in [-0.2, -0.15) is 0 Å². The predicted molar refractivity (Wildman–Crippen MR) is 87.6 cm³/mol. The molecule has 1 amide bonds. The topological polar surface area (TPSA) is 55.6 Å². The van der Waals surface area contributed by atoms with Gasteiger partial charge in [0.2, 0.25) is 5.91 Å². The van der Waals surface area contributed by atoms with Crippen LogP contribution in [0.25, 0.3) is 10.8 Å². The number of carbonyl (C=O) groups excluding carboxylic acids is 1. The molecule has 0 unspecified atom stereocenters. The number of benzene rings is 2. The summed E-state index contributed by atoms with van der Waals surface area (Å²) in [5, 5.41) is 2.50. The van der Waals surface area contributed by atoms with Crippen molar-refractivity contribution < 1.29 is 9.53 Å². The molecule has 0 aliphatic carbocycles. The third-order valence-corrected chi connectivity index (χ3v) is 4.53. The molecule has 4 nitrogen and oxygen atoms in total. The SMILES string of the molecule is CO[C@H]1C[C@@H](C(N)=O)N(CCc2ccc3ccccc3c2)C1. The third-order valence-electron chi connectivity index (χ3n) is 4.53. The van der Waals surface area contributed by atoms with Gasteiger partial charge in [-0.15, -0.1) is 0 Å². The van der Waals surface area contributed by atoms with E-state index in [9.17, 15) is 4.79 Å². The molecule has 1 aliphatic rings. The molecule has 2 aromatic rings. The summed E-state index contributed by atoms with van der Waals surface area (Å²) in [5.74, 6) is -0.252. The summed E-state index contributed by atoms with van der Waals surface area (Å²) in [6.07, 6.45) is 1.71. The monoisotopic (exact) mass is 298 g/mol. The number of carbonyl (C=O) groups is 1. The van der Waals surface area contributed by atoms with Crippen molar-refractivity contribution in [1.82, 2.24) is 4.90 Å². The van der Waals surface area contributed by atoms with Crippen LogP contribution >= 0.6 is 0 Å². The van der Waals surface area contributed by atoms with Crippen molar-refractivity contribution in [2.45, 2.75) is 25.0 Å². The predicted octanol–water partition coefficient (Wildman–Crippen LogP) is 1.96. The number of nitrogens with zero attached hydrogens (tertiary/aromatic N) is 1. The zero-order chi connectivity index (χ0) is 15.5. The highest BCUT2D eigenvalue weighted by molar-refractivity contribution is 5.83. The Balaban J connectivity index is 1.68. The average Bonchev–Trinajstić information content (AvgIpc) is 2.96. The maximum Gasteiger partial charge on any atom is 0.234 e. The molecule has 1 saturated heterocycles. The Morgan fingerprint density at radius 2 is 2.05 bits per heavy atom. The number of fused-ring (bicyclic) bond motifs is 1. The van der Waals surface area contributed by atoms with Gasteiger partial charge < -0.3 is 10.5 Å². The Hall–Kier alpha value is -1.91. The van der Waals surface area contributed by atoms with Crippen molar-refractivity contribution in [1.29, 1.82) is 0 Å². The highest BCUT2D eigenvalue weighted by Gasteiger charge is 2.35. The van der Waals surface area contributed by atoms with Gasteiger partial charge in [0.05, 0.1) is 12.1 Å². The fourth-order valence-electron chi connectivity index (χ4n) is 3.24. The van der Waals surface area contributed by atoms with Gasteiger partial charge >= 0.3 is 0 Å². The van der Waals surface area contributed by atoms with E-state index < -0.39 is 0 Å². The van der Waals surface area contributed by atoms with Crippen molar-refractivity contribution in [3.63, 3.8) is 0 Å². The summed E-state index contributed by atoms with van der Waals surface area (Å²) in [4.78, 5) is 13.7. The number of hydrogen-bond acceptors (Lipinski definition) is 3. The average molecular weight is 298 g/mol. The van der Waals surface area contributed by atoms with E-state index in [4.69, 9.17) is 10.5 Å². The Morgan fingerprint density at radius 1 is 1.27 bits per heavy atom. The van der Waals surface area contributed by atoms with Gasteiger partial charge in [0.1, 0.15) is 0 Å². The molecule has 0 saturated carbocycles. The quantitative estimate of drug-likeness (QED) is 0.918. The highest BCUT2D eigenvalue weighted by atomic mass is 16.5. The number of primary amides is 1. The first kappa shape index (κ1) is 15.0.